The van der Waals surface area contributed by atoms with Crippen LogP contribution in [0.1, 0.15) is 50.8 Å². The maximum Gasteiger partial charge on any atom is 0.338 e. The number of fused-ring (bicyclic) bond motifs is 1. The van der Waals surface area contributed by atoms with E-state index < -0.39 is 6.04 Å². The number of ether oxygens (including phenoxy) is 2. The molecule has 190 valence electrons. The molecular formula is C26H28Cl2N4O3S. The molecule has 7 nitrogen and oxygen atoms in total. The van der Waals surface area contributed by atoms with Crippen molar-refractivity contribution in [1.29, 1.82) is 0 Å². The van der Waals surface area contributed by atoms with E-state index in [1.165, 1.54) is 0 Å². The molecule has 0 amide bonds. The lowest BCUT2D eigenvalue weighted by Crippen LogP contribution is -2.29. The van der Waals surface area contributed by atoms with Crippen molar-refractivity contribution in [3.8, 4) is 5.75 Å². The third kappa shape index (κ3) is 5.99. The van der Waals surface area contributed by atoms with Gasteiger partial charge in [0.2, 0.25) is 11.1 Å². The van der Waals surface area contributed by atoms with Gasteiger partial charge in [-0.15, -0.1) is 5.10 Å². The molecule has 0 saturated carbocycles. The molecule has 0 bridgehead atoms. The van der Waals surface area contributed by atoms with Crippen LogP contribution in [0.5, 0.6) is 5.75 Å². The lowest BCUT2D eigenvalue weighted by Gasteiger charge is -2.28. The van der Waals surface area contributed by atoms with Gasteiger partial charge in [-0.25, -0.2) is 9.48 Å². The Morgan fingerprint density at radius 3 is 2.64 bits per heavy atom. The van der Waals surface area contributed by atoms with Crippen molar-refractivity contribution in [2.24, 2.45) is 0 Å². The van der Waals surface area contributed by atoms with Gasteiger partial charge in [0.05, 0.1) is 12.2 Å². The van der Waals surface area contributed by atoms with Crippen molar-refractivity contribution in [3.63, 3.8) is 0 Å². The van der Waals surface area contributed by atoms with E-state index in [1.54, 1.807) is 35.5 Å². The predicted octanol–water partition coefficient (Wildman–Crippen LogP) is 6.91. The van der Waals surface area contributed by atoms with Crippen LogP contribution >= 0.6 is 35.0 Å². The van der Waals surface area contributed by atoms with Crippen LogP contribution in [0.15, 0.2) is 58.9 Å². The summed E-state index contributed by atoms with van der Waals surface area (Å²) in [5.41, 5.74) is 2.90. The molecule has 10 heteroatoms. The Morgan fingerprint density at radius 1 is 1.17 bits per heavy atom. The van der Waals surface area contributed by atoms with Crippen molar-refractivity contribution >= 4 is 46.9 Å². The Morgan fingerprint density at radius 2 is 1.94 bits per heavy atom. The number of anilines is 1. The van der Waals surface area contributed by atoms with Gasteiger partial charge in [-0.05, 0) is 50.1 Å². The van der Waals surface area contributed by atoms with Crippen LogP contribution in [-0.4, -0.2) is 33.1 Å². The average molecular weight is 548 g/mol. The third-order valence-electron chi connectivity index (χ3n) is 5.66. The quantitative estimate of drug-likeness (QED) is 0.168. The molecule has 36 heavy (non-hydrogen) atoms. The van der Waals surface area contributed by atoms with E-state index in [9.17, 15) is 4.79 Å². The SMILES string of the molecule is CCCCSc1nc2n(n1)C(c1ccc(OCc3ccc(Cl)cc3Cl)cc1)C(C(=O)OCC)=C(C)N2. The molecule has 1 aliphatic heterocycles. The first-order valence-corrected chi connectivity index (χ1v) is 13.6. The lowest BCUT2D eigenvalue weighted by atomic mass is 9.96. The number of halogens is 2. The van der Waals surface area contributed by atoms with Gasteiger partial charge in [0, 0.05) is 27.1 Å². The van der Waals surface area contributed by atoms with Gasteiger partial charge in [0.1, 0.15) is 18.4 Å². The van der Waals surface area contributed by atoms with Gasteiger partial charge >= 0.3 is 5.97 Å². The van der Waals surface area contributed by atoms with E-state index >= 15 is 0 Å². The molecule has 1 unspecified atom stereocenters. The summed E-state index contributed by atoms with van der Waals surface area (Å²) in [5.74, 6) is 1.83. The van der Waals surface area contributed by atoms with Crippen LogP contribution in [0.25, 0.3) is 0 Å². The van der Waals surface area contributed by atoms with Crippen molar-refractivity contribution < 1.29 is 14.3 Å². The van der Waals surface area contributed by atoms with Crippen LogP contribution in [-0.2, 0) is 16.1 Å². The first-order chi connectivity index (χ1) is 17.4. The Labute approximate surface area is 225 Å². The molecule has 0 spiro atoms. The number of nitrogens with zero attached hydrogens (tertiary/aromatic N) is 3. The van der Waals surface area contributed by atoms with Crippen LogP contribution < -0.4 is 10.1 Å². The second-order valence-electron chi connectivity index (χ2n) is 8.24. The highest BCUT2D eigenvalue weighted by Crippen LogP contribution is 2.37. The minimum absolute atomic E-state index is 0.282. The van der Waals surface area contributed by atoms with E-state index in [-0.39, 0.29) is 12.6 Å². The number of benzene rings is 2. The smallest absolute Gasteiger partial charge is 0.338 e. The number of unbranched alkanes of at least 4 members (excludes halogenated alkanes) is 1. The molecule has 1 N–H and O–H groups in total. The lowest BCUT2D eigenvalue weighted by molar-refractivity contribution is -0.139. The number of carbonyl (C=O) groups is 1. The molecule has 0 fully saturated rings. The molecule has 2 heterocycles. The van der Waals surface area contributed by atoms with Gasteiger partial charge in [-0.3, -0.25) is 0 Å². The number of carbonyl (C=O) groups excluding carboxylic acids is 1. The van der Waals surface area contributed by atoms with E-state index in [1.807, 2.05) is 37.3 Å². The highest BCUT2D eigenvalue weighted by molar-refractivity contribution is 7.99. The first-order valence-electron chi connectivity index (χ1n) is 11.8. The Balaban J connectivity index is 1.60. The number of esters is 1. The summed E-state index contributed by atoms with van der Waals surface area (Å²) < 4.78 is 13.1. The second kappa shape index (κ2) is 12.0. The molecule has 0 aliphatic carbocycles. The maximum atomic E-state index is 13.0. The largest absolute Gasteiger partial charge is 0.489 e. The minimum Gasteiger partial charge on any atom is -0.489 e. The topological polar surface area (TPSA) is 78.3 Å². The molecular weight excluding hydrogens is 519 g/mol. The van der Waals surface area contributed by atoms with Gasteiger partial charge in [-0.2, -0.15) is 4.98 Å². The molecule has 1 aliphatic rings. The van der Waals surface area contributed by atoms with Gasteiger partial charge in [-0.1, -0.05) is 66.5 Å². The highest BCUT2D eigenvalue weighted by atomic mass is 35.5. The Bertz CT molecular complexity index is 1260. The fraction of sp³-hybridized carbons (Fsp3) is 0.346. The zero-order valence-corrected chi connectivity index (χ0v) is 22.7. The predicted molar refractivity (Wildman–Crippen MR) is 144 cm³/mol. The van der Waals surface area contributed by atoms with Gasteiger partial charge in [0.15, 0.2) is 0 Å². The zero-order valence-electron chi connectivity index (χ0n) is 20.4. The van der Waals surface area contributed by atoms with Gasteiger partial charge < -0.3 is 14.8 Å². The summed E-state index contributed by atoms with van der Waals surface area (Å²) in [5, 5.41) is 9.77. The fourth-order valence-electron chi connectivity index (χ4n) is 3.83. The summed E-state index contributed by atoms with van der Waals surface area (Å²) in [6, 6.07) is 12.4. The number of aromatic nitrogens is 3. The average Bonchev–Trinajstić information content (AvgIpc) is 3.25. The molecule has 0 saturated heterocycles. The van der Waals surface area contributed by atoms with Gasteiger partial charge in [0.25, 0.3) is 0 Å². The number of hydrogen-bond acceptors (Lipinski definition) is 7. The number of hydrogen-bond donors (Lipinski definition) is 1. The third-order valence-corrected chi connectivity index (χ3v) is 7.17. The fourth-order valence-corrected chi connectivity index (χ4v) is 5.20. The van der Waals surface area contributed by atoms with Crippen molar-refractivity contribution in [2.45, 2.75) is 51.4 Å². The van der Waals surface area contributed by atoms with E-state index in [4.69, 9.17) is 37.8 Å². The molecule has 1 aromatic heterocycles. The summed E-state index contributed by atoms with van der Waals surface area (Å²) in [7, 11) is 0. The maximum absolute atomic E-state index is 13.0. The number of allylic oxidation sites excluding steroid dienone is 1. The van der Waals surface area contributed by atoms with E-state index in [0.717, 1.165) is 29.7 Å². The summed E-state index contributed by atoms with van der Waals surface area (Å²) in [6.45, 7) is 6.39. The minimum atomic E-state index is -0.479. The first kappa shape index (κ1) is 26.4. The van der Waals surface area contributed by atoms with Crippen LogP contribution in [0.2, 0.25) is 10.0 Å². The monoisotopic (exact) mass is 546 g/mol. The molecule has 0 radical (unpaired) electrons. The molecule has 2 aromatic carbocycles. The van der Waals surface area contributed by atoms with Crippen molar-refractivity contribution in [1.82, 2.24) is 14.8 Å². The highest BCUT2D eigenvalue weighted by Gasteiger charge is 2.35. The number of rotatable bonds is 10. The zero-order chi connectivity index (χ0) is 25.7. The molecule has 1 atom stereocenters. The van der Waals surface area contributed by atoms with E-state index in [0.29, 0.717) is 44.8 Å². The number of thioether (sulfide) groups is 1. The standard InChI is InChI=1S/C26H28Cl2N4O3S/c1-4-6-13-36-26-30-25-29-16(3)22(24(33)34-5-2)23(32(25)31-26)17-8-11-20(12-9-17)35-15-18-7-10-19(27)14-21(18)28/h7-12,14,23H,4-6,13,15H2,1-3H3,(H,29,30,31). The van der Waals surface area contributed by atoms with Crippen molar-refractivity contribution in [2.75, 3.05) is 17.7 Å². The Hall–Kier alpha value is -2.68. The van der Waals surface area contributed by atoms with Crippen LogP contribution in [0.4, 0.5) is 5.95 Å². The van der Waals surface area contributed by atoms with Crippen LogP contribution in [0.3, 0.4) is 0 Å². The van der Waals surface area contributed by atoms with Crippen LogP contribution in [0, 0.1) is 0 Å². The second-order valence-corrected chi connectivity index (χ2v) is 10.2. The molecule has 3 aromatic rings. The van der Waals surface area contributed by atoms with Crippen molar-refractivity contribution in [3.05, 3.63) is 74.9 Å². The summed E-state index contributed by atoms with van der Waals surface area (Å²) in [4.78, 5) is 17.6. The van der Waals surface area contributed by atoms with E-state index in [2.05, 4.69) is 17.2 Å². The molecule has 4 rings (SSSR count). The number of nitrogens with one attached hydrogen (secondary N) is 1. The Kier molecular flexibility index (Phi) is 8.82. The normalized spacial score (nSPS) is 14.9. The summed E-state index contributed by atoms with van der Waals surface area (Å²) >= 11 is 13.8. The summed E-state index contributed by atoms with van der Waals surface area (Å²) in [6.07, 6.45) is 2.19.